The van der Waals surface area contributed by atoms with Gasteiger partial charge in [-0.2, -0.15) is 4.31 Å². The standard InChI is InChI=1S/C21H25NO5S/c1-26-19-9-7-17(8-10-19)13-16-27-21(23)18-11-14-22(15-12-18)28(24,25)20-5-3-2-4-6-20/h2-10,18H,11-16H2,1H3. The number of nitrogens with zero attached hydrogens (tertiary/aromatic N) is 1. The van der Waals surface area contributed by atoms with Crippen molar-refractivity contribution in [1.29, 1.82) is 0 Å². The van der Waals surface area contributed by atoms with Gasteiger partial charge in [0.05, 0.1) is 24.5 Å². The van der Waals surface area contributed by atoms with E-state index in [0.717, 1.165) is 11.3 Å². The Balaban J connectivity index is 1.46. The van der Waals surface area contributed by atoms with Crippen LogP contribution in [0.15, 0.2) is 59.5 Å². The molecule has 0 aromatic heterocycles. The zero-order valence-corrected chi connectivity index (χ0v) is 16.7. The average Bonchev–Trinajstić information content (AvgIpc) is 2.75. The second-order valence-corrected chi connectivity index (χ2v) is 8.69. The molecule has 1 aliphatic heterocycles. The van der Waals surface area contributed by atoms with Gasteiger partial charge in [-0.3, -0.25) is 4.79 Å². The Kier molecular flexibility index (Phi) is 6.70. The van der Waals surface area contributed by atoms with Crippen LogP contribution < -0.4 is 4.74 Å². The molecule has 0 bridgehead atoms. The van der Waals surface area contributed by atoms with Crippen molar-refractivity contribution in [3.8, 4) is 5.75 Å². The second-order valence-electron chi connectivity index (χ2n) is 6.76. The number of benzene rings is 2. The van der Waals surface area contributed by atoms with Crippen LogP contribution in [0, 0.1) is 5.92 Å². The Bertz CT molecular complexity index is 873. The molecular weight excluding hydrogens is 378 g/mol. The number of hydrogen-bond acceptors (Lipinski definition) is 5. The van der Waals surface area contributed by atoms with E-state index in [2.05, 4.69) is 0 Å². The summed E-state index contributed by atoms with van der Waals surface area (Å²) < 4.78 is 37.3. The van der Waals surface area contributed by atoms with Gasteiger partial charge < -0.3 is 9.47 Å². The van der Waals surface area contributed by atoms with Crippen molar-refractivity contribution in [2.45, 2.75) is 24.2 Å². The summed E-state index contributed by atoms with van der Waals surface area (Å²) in [7, 11) is -1.88. The van der Waals surface area contributed by atoms with Crippen LogP contribution in [0.2, 0.25) is 0 Å². The maximum atomic E-state index is 12.6. The van der Waals surface area contributed by atoms with Crippen LogP contribution in [0.4, 0.5) is 0 Å². The van der Waals surface area contributed by atoms with Gasteiger partial charge in [-0.1, -0.05) is 30.3 Å². The molecule has 1 aliphatic rings. The monoisotopic (exact) mass is 403 g/mol. The Morgan fingerprint density at radius 1 is 1.04 bits per heavy atom. The van der Waals surface area contributed by atoms with Gasteiger partial charge in [-0.05, 0) is 42.7 Å². The predicted molar refractivity (Wildman–Crippen MR) is 106 cm³/mol. The summed E-state index contributed by atoms with van der Waals surface area (Å²) in [5.74, 6) is 0.293. The Morgan fingerprint density at radius 3 is 2.29 bits per heavy atom. The van der Waals surface area contributed by atoms with E-state index in [1.54, 1.807) is 37.4 Å². The Hall–Kier alpha value is -2.38. The lowest BCUT2D eigenvalue weighted by Gasteiger charge is -2.30. The van der Waals surface area contributed by atoms with Crippen LogP contribution in [0.3, 0.4) is 0 Å². The van der Waals surface area contributed by atoms with Crippen molar-refractivity contribution >= 4 is 16.0 Å². The fourth-order valence-electron chi connectivity index (χ4n) is 3.25. The molecule has 1 saturated heterocycles. The van der Waals surface area contributed by atoms with E-state index in [-0.39, 0.29) is 16.8 Å². The first kappa shape index (κ1) is 20.4. The molecule has 0 aliphatic carbocycles. The van der Waals surface area contributed by atoms with Crippen molar-refractivity contribution in [2.24, 2.45) is 5.92 Å². The number of rotatable bonds is 7. The number of esters is 1. The molecule has 0 amide bonds. The number of carbonyl (C=O) groups is 1. The van der Waals surface area contributed by atoms with Crippen molar-refractivity contribution in [3.05, 3.63) is 60.2 Å². The summed E-state index contributed by atoms with van der Waals surface area (Å²) in [4.78, 5) is 12.6. The fourth-order valence-corrected chi connectivity index (χ4v) is 4.74. The van der Waals surface area contributed by atoms with Gasteiger partial charge in [-0.25, -0.2) is 8.42 Å². The molecule has 0 N–H and O–H groups in total. The minimum absolute atomic E-state index is 0.245. The minimum atomic E-state index is -3.50. The lowest BCUT2D eigenvalue weighted by Crippen LogP contribution is -2.40. The summed E-state index contributed by atoms with van der Waals surface area (Å²) in [5, 5.41) is 0. The predicted octanol–water partition coefficient (Wildman–Crippen LogP) is 2.88. The van der Waals surface area contributed by atoms with E-state index >= 15 is 0 Å². The van der Waals surface area contributed by atoms with Crippen LogP contribution in [0.25, 0.3) is 0 Å². The molecule has 0 saturated carbocycles. The van der Waals surface area contributed by atoms with Crippen LogP contribution in [0.1, 0.15) is 18.4 Å². The van der Waals surface area contributed by atoms with E-state index in [9.17, 15) is 13.2 Å². The zero-order valence-electron chi connectivity index (χ0n) is 15.9. The summed E-state index contributed by atoms with van der Waals surface area (Å²) in [6.07, 6.45) is 1.60. The fraction of sp³-hybridized carbons (Fsp3) is 0.381. The molecule has 6 nitrogen and oxygen atoms in total. The maximum absolute atomic E-state index is 12.6. The maximum Gasteiger partial charge on any atom is 0.309 e. The highest BCUT2D eigenvalue weighted by Crippen LogP contribution is 2.24. The van der Waals surface area contributed by atoms with E-state index in [1.165, 1.54) is 4.31 Å². The average molecular weight is 404 g/mol. The van der Waals surface area contributed by atoms with Crippen LogP contribution in [-0.4, -0.2) is 45.5 Å². The number of carbonyl (C=O) groups excluding carboxylic acids is 1. The third-order valence-corrected chi connectivity index (χ3v) is 6.88. The zero-order chi connectivity index (χ0) is 20.0. The quantitative estimate of drug-likeness (QED) is 0.665. The highest BCUT2D eigenvalue weighted by Gasteiger charge is 2.32. The van der Waals surface area contributed by atoms with Crippen LogP contribution in [-0.2, 0) is 26.0 Å². The summed E-state index contributed by atoms with van der Waals surface area (Å²) in [5.41, 5.74) is 1.07. The van der Waals surface area contributed by atoms with Gasteiger partial charge in [0, 0.05) is 19.5 Å². The Labute approximate surface area is 166 Å². The SMILES string of the molecule is COc1ccc(CCOC(=O)C2CCN(S(=O)(=O)c3ccccc3)CC2)cc1. The molecule has 1 fully saturated rings. The van der Waals surface area contributed by atoms with E-state index in [4.69, 9.17) is 9.47 Å². The van der Waals surface area contributed by atoms with Crippen molar-refractivity contribution < 1.29 is 22.7 Å². The Morgan fingerprint density at radius 2 is 1.68 bits per heavy atom. The topological polar surface area (TPSA) is 72.9 Å². The van der Waals surface area contributed by atoms with Gasteiger partial charge in [0.1, 0.15) is 5.75 Å². The van der Waals surface area contributed by atoms with Crippen LogP contribution in [0.5, 0.6) is 5.75 Å². The summed E-state index contributed by atoms with van der Waals surface area (Å²) >= 11 is 0. The third-order valence-electron chi connectivity index (χ3n) is 4.96. The lowest BCUT2D eigenvalue weighted by molar-refractivity contribution is -0.149. The molecular formula is C21H25NO5S. The number of sulfonamides is 1. The van der Waals surface area contributed by atoms with Crippen molar-refractivity contribution in [3.63, 3.8) is 0 Å². The van der Waals surface area contributed by atoms with Crippen molar-refractivity contribution in [2.75, 3.05) is 26.8 Å². The molecule has 1 heterocycles. The highest BCUT2D eigenvalue weighted by atomic mass is 32.2. The van der Waals surface area contributed by atoms with Gasteiger partial charge in [0.25, 0.3) is 0 Å². The minimum Gasteiger partial charge on any atom is -0.497 e. The van der Waals surface area contributed by atoms with Gasteiger partial charge in [-0.15, -0.1) is 0 Å². The number of piperidine rings is 1. The van der Waals surface area contributed by atoms with Crippen LogP contribution >= 0.6 is 0 Å². The molecule has 28 heavy (non-hydrogen) atoms. The number of methoxy groups -OCH3 is 1. The molecule has 150 valence electrons. The summed E-state index contributed by atoms with van der Waals surface area (Å²) in [6.45, 7) is 0.971. The molecule has 7 heteroatoms. The third kappa shape index (κ3) is 4.91. The first-order valence-electron chi connectivity index (χ1n) is 9.35. The van der Waals surface area contributed by atoms with Gasteiger partial charge >= 0.3 is 5.97 Å². The van der Waals surface area contributed by atoms with E-state index < -0.39 is 10.0 Å². The normalized spacial score (nSPS) is 15.9. The second kappa shape index (κ2) is 9.21. The molecule has 0 unspecified atom stereocenters. The molecule has 0 radical (unpaired) electrons. The molecule has 2 aromatic rings. The number of ether oxygens (including phenoxy) is 2. The number of hydrogen-bond donors (Lipinski definition) is 0. The first-order chi connectivity index (χ1) is 13.5. The van der Waals surface area contributed by atoms with Crippen molar-refractivity contribution in [1.82, 2.24) is 4.31 Å². The largest absolute Gasteiger partial charge is 0.497 e. The molecule has 2 aromatic carbocycles. The highest BCUT2D eigenvalue weighted by molar-refractivity contribution is 7.89. The van der Waals surface area contributed by atoms with E-state index in [0.29, 0.717) is 39.0 Å². The molecule has 0 atom stereocenters. The smallest absolute Gasteiger partial charge is 0.309 e. The van der Waals surface area contributed by atoms with Gasteiger partial charge in [0.15, 0.2) is 0 Å². The molecule has 3 rings (SSSR count). The van der Waals surface area contributed by atoms with Gasteiger partial charge in [0.2, 0.25) is 10.0 Å². The summed E-state index contributed by atoms with van der Waals surface area (Å²) in [6, 6.07) is 16.0. The molecule has 0 spiro atoms. The van der Waals surface area contributed by atoms with E-state index in [1.807, 2.05) is 24.3 Å². The first-order valence-corrected chi connectivity index (χ1v) is 10.8. The lowest BCUT2D eigenvalue weighted by atomic mass is 9.98.